The van der Waals surface area contributed by atoms with Crippen LogP contribution in [0.3, 0.4) is 0 Å². The van der Waals surface area contributed by atoms with Gasteiger partial charge in [0, 0.05) is 32.5 Å². The average Bonchev–Trinajstić information content (AvgIpc) is 3.00. The summed E-state index contributed by atoms with van der Waals surface area (Å²) in [5.41, 5.74) is 2.58. The molecule has 126 valence electrons. The van der Waals surface area contributed by atoms with E-state index in [1.54, 1.807) is 0 Å². The van der Waals surface area contributed by atoms with Crippen LogP contribution in [0.1, 0.15) is 44.2 Å². The molecule has 0 radical (unpaired) electrons. The van der Waals surface area contributed by atoms with Crippen LogP contribution in [0.4, 0.5) is 0 Å². The maximum absolute atomic E-state index is 9.73. The zero-order valence-corrected chi connectivity index (χ0v) is 14.2. The van der Waals surface area contributed by atoms with Crippen molar-refractivity contribution in [2.45, 2.75) is 63.4 Å². The molecule has 23 heavy (non-hydrogen) atoms. The van der Waals surface area contributed by atoms with E-state index in [1.165, 1.54) is 11.1 Å². The minimum atomic E-state index is -0.262. The summed E-state index contributed by atoms with van der Waals surface area (Å²) in [6.07, 6.45) is 3.61. The summed E-state index contributed by atoms with van der Waals surface area (Å²) in [5.74, 6) is 1.05. The molecule has 1 aromatic rings. The summed E-state index contributed by atoms with van der Waals surface area (Å²) in [7, 11) is 0. The van der Waals surface area contributed by atoms with E-state index in [0.29, 0.717) is 6.61 Å². The first kappa shape index (κ1) is 15.4. The van der Waals surface area contributed by atoms with Crippen molar-refractivity contribution < 1.29 is 14.6 Å². The quantitative estimate of drug-likeness (QED) is 0.910. The van der Waals surface area contributed by atoms with Crippen molar-refractivity contribution in [2.75, 3.05) is 19.7 Å². The van der Waals surface area contributed by atoms with Crippen LogP contribution >= 0.6 is 0 Å². The molecule has 0 saturated carbocycles. The Hall–Kier alpha value is -1.10. The van der Waals surface area contributed by atoms with E-state index < -0.39 is 0 Å². The van der Waals surface area contributed by atoms with E-state index in [2.05, 4.69) is 36.9 Å². The van der Waals surface area contributed by atoms with Crippen molar-refractivity contribution in [2.24, 2.45) is 0 Å². The molecule has 4 rings (SSSR count). The number of ether oxygens (including phenoxy) is 2. The molecule has 4 heteroatoms. The number of piperidine rings is 1. The molecular weight excluding hydrogens is 290 g/mol. The fraction of sp³-hybridized carbons (Fsp3) is 0.684. The maximum Gasteiger partial charge on any atom is 0.123 e. The Labute approximate surface area is 138 Å². The lowest BCUT2D eigenvalue weighted by molar-refractivity contribution is -0.0456. The molecule has 1 atom stereocenters. The molecule has 1 spiro atoms. The van der Waals surface area contributed by atoms with Crippen molar-refractivity contribution in [3.63, 3.8) is 0 Å². The molecule has 2 saturated heterocycles. The van der Waals surface area contributed by atoms with E-state index in [-0.39, 0.29) is 17.3 Å². The second kappa shape index (κ2) is 5.47. The molecule has 0 unspecified atom stereocenters. The molecule has 3 aliphatic heterocycles. The average molecular weight is 317 g/mol. The molecule has 2 fully saturated rings. The zero-order valence-electron chi connectivity index (χ0n) is 14.2. The topological polar surface area (TPSA) is 41.9 Å². The van der Waals surface area contributed by atoms with Gasteiger partial charge in [-0.05, 0) is 43.9 Å². The number of likely N-dealkylation sites (tertiary alicyclic amines) is 1. The number of fused-ring (bicyclic) bond motifs is 1. The largest absolute Gasteiger partial charge is 0.487 e. The number of nitrogens with zero attached hydrogens (tertiary/aromatic N) is 1. The van der Waals surface area contributed by atoms with Crippen molar-refractivity contribution in [3.8, 4) is 5.75 Å². The summed E-state index contributed by atoms with van der Waals surface area (Å²) in [6, 6.07) is 6.63. The van der Waals surface area contributed by atoms with Gasteiger partial charge in [-0.15, -0.1) is 0 Å². The molecule has 3 heterocycles. The van der Waals surface area contributed by atoms with E-state index in [4.69, 9.17) is 9.47 Å². The number of aliphatic hydroxyl groups excluding tert-OH is 1. The lowest BCUT2D eigenvalue weighted by atomic mass is 9.88. The Morgan fingerprint density at radius 2 is 2.04 bits per heavy atom. The van der Waals surface area contributed by atoms with Crippen molar-refractivity contribution in [1.82, 2.24) is 4.90 Å². The Morgan fingerprint density at radius 3 is 2.74 bits per heavy atom. The molecule has 0 aliphatic carbocycles. The van der Waals surface area contributed by atoms with Gasteiger partial charge in [0.1, 0.15) is 11.4 Å². The summed E-state index contributed by atoms with van der Waals surface area (Å²) in [4.78, 5) is 2.50. The summed E-state index contributed by atoms with van der Waals surface area (Å²) >= 11 is 0. The van der Waals surface area contributed by atoms with Gasteiger partial charge in [-0.1, -0.05) is 12.1 Å². The maximum atomic E-state index is 9.73. The van der Waals surface area contributed by atoms with Crippen molar-refractivity contribution in [3.05, 3.63) is 29.3 Å². The van der Waals surface area contributed by atoms with Gasteiger partial charge in [0.05, 0.1) is 18.3 Å². The highest BCUT2D eigenvalue weighted by atomic mass is 16.5. The Balaban J connectivity index is 1.37. The van der Waals surface area contributed by atoms with Gasteiger partial charge in [0.25, 0.3) is 0 Å². The van der Waals surface area contributed by atoms with Gasteiger partial charge in [0.2, 0.25) is 0 Å². The second-order valence-corrected chi connectivity index (χ2v) is 8.11. The van der Waals surface area contributed by atoms with Crippen LogP contribution in [0.15, 0.2) is 18.2 Å². The molecule has 0 bridgehead atoms. The van der Waals surface area contributed by atoms with E-state index in [9.17, 15) is 5.11 Å². The molecule has 0 amide bonds. The van der Waals surface area contributed by atoms with Gasteiger partial charge in [-0.3, -0.25) is 4.90 Å². The first-order chi connectivity index (χ1) is 10.9. The second-order valence-electron chi connectivity index (χ2n) is 8.11. The highest BCUT2D eigenvalue weighted by Gasteiger charge is 2.42. The Kier molecular flexibility index (Phi) is 3.67. The smallest absolute Gasteiger partial charge is 0.123 e. The first-order valence-electron chi connectivity index (χ1n) is 8.78. The van der Waals surface area contributed by atoms with Crippen molar-refractivity contribution in [1.29, 1.82) is 0 Å². The molecule has 1 N–H and O–H groups in total. The van der Waals surface area contributed by atoms with Crippen molar-refractivity contribution >= 4 is 0 Å². The third-order valence-electron chi connectivity index (χ3n) is 5.49. The van der Waals surface area contributed by atoms with Gasteiger partial charge >= 0.3 is 0 Å². The predicted octanol–water partition coefficient (Wildman–Crippen LogP) is 2.52. The minimum Gasteiger partial charge on any atom is -0.487 e. The fourth-order valence-electron chi connectivity index (χ4n) is 4.31. The normalized spacial score (nSPS) is 28.7. The molecule has 0 aromatic heterocycles. The molecular formula is C19H27NO3. The van der Waals surface area contributed by atoms with Crippen LogP contribution in [0.25, 0.3) is 0 Å². The molecule has 4 nitrogen and oxygen atoms in total. The molecule has 1 aromatic carbocycles. The summed E-state index contributed by atoms with van der Waals surface area (Å²) in [5, 5.41) is 9.73. The van der Waals surface area contributed by atoms with Gasteiger partial charge in [-0.2, -0.15) is 0 Å². The zero-order chi connectivity index (χ0) is 16.1. The highest BCUT2D eigenvalue weighted by Crippen LogP contribution is 2.37. The Morgan fingerprint density at radius 1 is 1.26 bits per heavy atom. The van der Waals surface area contributed by atoms with Crippen LogP contribution in [0.2, 0.25) is 0 Å². The first-order valence-corrected chi connectivity index (χ1v) is 8.78. The highest BCUT2D eigenvalue weighted by molar-refractivity contribution is 5.41. The SMILES string of the molecule is CC1(C)Cc2cc(CN3CCC4(CC3)C[C@H](O)CO4)ccc2O1. The van der Waals surface area contributed by atoms with Crippen LogP contribution < -0.4 is 4.74 Å². The van der Waals surface area contributed by atoms with Crippen LogP contribution in [-0.4, -0.2) is 47.0 Å². The van der Waals surface area contributed by atoms with Crippen LogP contribution in [-0.2, 0) is 17.7 Å². The summed E-state index contributed by atoms with van der Waals surface area (Å²) < 4.78 is 11.8. The predicted molar refractivity (Wildman–Crippen MR) is 88.7 cm³/mol. The number of benzene rings is 1. The van der Waals surface area contributed by atoms with Crippen LogP contribution in [0, 0.1) is 0 Å². The molecule has 3 aliphatic rings. The Bertz CT molecular complexity index is 590. The van der Waals surface area contributed by atoms with Gasteiger partial charge in [-0.25, -0.2) is 0 Å². The third kappa shape index (κ3) is 3.12. The van der Waals surface area contributed by atoms with Gasteiger partial charge in [0.15, 0.2) is 0 Å². The van der Waals surface area contributed by atoms with E-state index in [1.807, 2.05) is 0 Å². The number of hydrogen-bond acceptors (Lipinski definition) is 4. The standard InChI is InChI=1S/C19H27NO3/c1-18(2)10-15-9-14(3-4-17(15)23-18)12-20-7-5-19(6-8-20)11-16(21)13-22-19/h3-4,9,16,21H,5-8,10-13H2,1-2H3/t16-/m0/s1. The number of rotatable bonds is 2. The fourth-order valence-corrected chi connectivity index (χ4v) is 4.31. The van der Waals surface area contributed by atoms with E-state index >= 15 is 0 Å². The minimum absolute atomic E-state index is 0.0499. The third-order valence-corrected chi connectivity index (χ3v) is 5.49. The monoisotopic (exact) mass is 317 g/mol. The number of hydrogen-bond donors (Lipinski definition) is 1. The number of aliphatic hydroxyl groups is 1. The van der Waals surface area contributed by atoms with Gasteiger partial charge < -0.3 is 14.6 Å². The lowest BCUT2D eigenvalue weighted by Crippen LogP contribution is -2.43. The lowest BCUT2D eigenvalue weighted by Gasteiger charge is -2.38. The van der Waals surface area contributed by atoms with Crippen LogP contribution in [0.5, 0.6) is 5.75 Å². The summed E-state index contributed by atoms with van der Waals surface area (Å²) in [6.45, 7) is 7.89. The van der Waals surface area contributed by atoms with E-state index in [0.717, 1.165) is 51.1 Å².